The second-order valence-electron chi connectivity index (χ2n) is 24.7. The standard InChI is InChI=1S/C90H58N4Si2/c1-5-26-65(27-6-1)95(66-28-7-2-8-29-66,60-56-75-71-34-13-17-39-79(71)89(80-40-18-14-35-72(75)80)93-85-45-24-22-43-83(85)88-86(93)46-25-58-92-88)69-51-47-63(48-52-69)64-49-53-70(54-50-64)96(67-30-9-3-10-31-67,68-32-11-4-12-33-68)61-57-76-73-36-15-19-41-81(73)90(82-42-20-16-37-74(76)82)94-84-44-23-21-38-77(84)78-55-59-91-62-87(78)94/h1-55,58-59,62H. The second-order valence-corrected chi connectivity index (χ2v) is 31.7. The highest BCUT2D eigenvalue weighted by molar-refractivity contribution is 7.17. The van der Waals surface area contributed by atoms with E-state index in [1.54, 1.807) is 0 Å². The summed E-state index contributed by atoms with van der Waals surface area (Å²) in [6, 6.07) is 122. The first kappa shape index (κ1) is 56.3. The van der Waals surface area contributed by atoms with Gasteiger partial charge in [0.25, 0.3) is 0 Å². The number of nitrogens with zero attached hydrogens (tertiary/aromatic N) is 4. The summed E-state index contributed by atoms with van der Waals surface area (Å²) in [5.74, 6) is 8.09. The smallest absolute Gasteiger partial charge is 0.230 e. The van der Waals surface area contributed by atoms with Crippen LogP contribution in [0.15, 0.2) is 352 Å². The molecule has 0 aliphatic rings. The molecule has 0 radical (unpaired) electrons. The molecule has 4 nitrogen and oxygen atoms in total. The van der Waals surface area contributed by atoms with E-state index >= 15 is 0 Å². The molecule has 6 heteroatoms. The van der Waals surface area contributed by atoms with Crippen LogP contribution in [0.1, 0.15) is 11.1 Å². The minimum absolute atomic E-state index is 0.988. The number of rotatable bonds is 9. The van der Waals surface area contributed by atoms with E-state index in [0.717, 1.165) is 110 Å². The maximum absolute atomic E-state index is 4.94. The van der Waals surface area contributed by atoms with Crippen molar-refractivity contribution in [2.75, 3.05) is 0 Å². The van der Waals surface area contributed by atoms with Gasteiger partial charge in [-0.1, -0.05) is 315 Å². The predicted octanol–water partition coefficient (Wildman–Crippen LogP) is 17.1. The zero-order valence-corrected chi connectivity index (χ0v) is 54.3. The fraction of sp³-hybridized carbons (Fsp3) is 0. The molecule has 0 aliphatic carbocycles. The van der Waals surface area contributed by atoms with Gasteiger partial charge in [-0.15, -0.1) is 11.1 Å². The van der Waals surface area contributed by atoms with Gasteiger partial charge < -0.3 is 9.13 Å². The quantitative estimate of drug-likeness (QED) is 0.0625. The summed E-state index contributed by atoms with van der Waals surface area (Å²) in [4.78, 5) is 9.61. The van der Waals surface area contributed by atoms with Crippen molar-refractivity contribution in [3.05, 3.63) is 363 Å². The normalized spacial score (nSPS) is 11.8. The average Bonchev–Trinajstić information content (AvgIpc) is 1.42. The number of hydrogen-bond donors (Lipinski definition) is 0. The number of hydrogen-bond acceptors (Lipinski definition) is 2. The Morgan fingerprint density at radius 2 is 0.552 bits per heavy atom. The van der Waals surface area contributed by atoms with Gasteiger partial charge in [0.15, 0.2) is 0 Å². The van der Waals surface area contributed by atoms with Crippen molar-refractivity contribution < 1.29 is 0 Å². The van der Waals surface area contributed by atoms with Crippen LogP contribution in [0.5, 0.6) is 0 Å². The second kappa shape index (κ2) is 23.3. The number of aromatic nitrogens is 4. The zero-order chi connectivity index (χ0) is 63.6. The third-order valence-corrected chi connectivity index (χ3v) is 27.9. The summed E-state index contributed by atoms with van der Waals surface area (Å²) in [6.07, 6.45) is 5.79. The fourth-order valence-electron chi connectivity index (χ4n) is 15.4. The highest BCUT2D eigenvalue weighted by Gasteiger charge is 2.40. The average molecular weight is 1250 g/mol. The molecule has 446 valence electrons. The molecule has 0 N–H and O–H groups in total. The van der Waals surface area contributed by atoms with Crippen LogP contribution in [0, 0.1) is 22.9 Å². The third kappa shape index (κ3) is 8.93. The van der Waals surface area contributed by atoms with E-state index in [2.05, 4.69) is 365 Å². The van der Waals surface area contributed by atoms with E-state index in [-0.39, 0.29) is 0 Å². The van der Waals surface area contributed by atoms with Crippen LogP contribution in [0.3, 0.4) is 0 Å². The lowest BCUT2D eigenvalue weighted by atomic mass is 9.95. The summed E-state index contributed by atoms with van der Waals surface area (Å²) in [5, 5.41) is 19.8. The van der Waals surface area contributed by atoms with Crippen molar-refractivity contribution in [2.45, 2.75) is 0 Å². The number of pyridine rings is 2. The summed E-state index contributed by atoms with van der Waals surface area (Å²) < 4.78 is 4.83. The van der Waals surface area contributed by atoms with Crippen molar-refractivity contribution in [3.8, 4) is 45.4 Å². The molecule has 4 heterocycles. The van der Waals surface area contributed by atoms with Gasteiger partial charge in [0, 0.05) is 82.8 Å². The molecule has 0 bridgehead atoms. The van der Waals surface area contributed by atoms with Crippen LogP contribution in [0.2, 0.25) is 0 Å². The van der Waals surface area contributed by atoms with Crippen LogP contribution >= 0.6 is 0 Å². The van der Waals surface area contributed by atoms with Crippen molar-refractivity contribution in [1.29, 1.82) is 0 Å². The van der Waals surface area contributed by atoms with Crippen molar-refractivity contribution >= 4 is 134 Å². The molecule has 14 aromatic carbocycles. The van der Waals surface area contributed by atoms with Gasteiger partial charge >= 0.3 is 0 Å². The van der Waals surface area contributed by atoms with Crippen LogP contribution in [0.25, 0.3) is 109 Å². The topological polar surface area (TPSA) is 35.6 Å². The molecule has 18 aromatic rings. The van der Waals surface area contributed by atoms with Crippen LogP contribution in [-0.4, -0.2) is 35.2 Å². The highest BCUT2D eigenvalue weighted by atomic mass is 28.3. The molecular weight excluding hydrogens is 1190 g/mol. The van der Waals surface area contributed by atoms with E-state index in [0.29, 0.717) is 0 Å². The summed E-state index contributed by atoms with van der Waals surface area (Å²) in [7, 11) is -6.31. The van der Waals surface area contributed by atoms with Crippen molar-refractivity contribution in [3.63, 3.8) is 0 Å². The van der Waals surface area contributed by atoms with E-state index < -0.39 is 16.1 Å². The van der Waals surface area contributed by atoms with Crippen molar-refractivity contribution in [2.24, 2.45) is 0 Å². The number of para-hydroxylation sites is 2. The molecule has 18 rings (SSSR count). The Labute approximate surface area is 558 Å². The molecule has 0 fully saturated rings. The van der Waals surface area contributed by atoms with Crippen LogP contribution < -0.4 is 31.1 Å². The molecular formula is C90H58N4Si2. The third-order valence-electron chi connectivity index (χ3n) is 19.7. The van der Waals surface area contributed by atoms with Gasteiger partial charge in [-0.3, -0.25) is 9.97 Å². The monoisotopic (exact) mass is 1250 g/mol. The lowest BCUT2D eigenvalue weighted by molar-refractivity contribution is 1.19. The van der Waals surface area contributed by atoms with Gasteiger partial charge in [0.2, 0.25) is 16.1 Å². The van der Waals surface area contributed by atoms with Crippen LogP contribution in [-0.2, 0) is 0 Å². The maximum Gasteiger partial charge on any atom is 0.230 e. The van der Waals surface area contributed by atoms with Crippen molar-refractivity contribution in [1.82, 2.24) is 19.1 Å². The van der Waals surface area contributed by atoms with Gasteiger partial charge in [0.05, 0.1) is 45.2 Å². The molecule has 0 aliphatic heterocycles. The molecule has 0 unspecified atom stereocenters. The minimum atomic E-state index is -3.15. The largest absolute Gasteiger partial charge is 0.306 e. The van der Waals surface area contributed by atoms with Gasteiger partial charge in [-0.05, 0) is 72.6 Å². The summed E-state index contributed by atoms with van der Waals surface area (Å²) in [6.45, 7) is 0. The molecule has 4 aromatic heterocycles. The Hall–Kier alpha value is -12.4. The van der Waals surface area contributed by atoms with E-state index in [4.69, 9.17) is 4.98 Å². The highest BCUT2D eigenvalue weighted by Crippen LogP contribution is 2.42. The Morgan fingerprint density at radius 1 is 0.240 bits per heavy atom. The summed E-state index contributed by atoms with van der Waals surface area (Å²) >= 11 is 0. The maximum atomic E-state index is 4.94. The van der Waals surface area contributed by atoms with E-state index in [1.165, 1.54) is 41.9 Å². The Kier molecular flexibility index (Phi) is 13.7. The lowest BCUT2D eigenvalue weighted by Gasteiger charge is -2.29. The first-order chi connectivity index (χ1) is 47.7. The number of benzene rings is 14. The molecule has 0 saturated carbocycles. The molecule has 96 heavy (non-hydrogen) atoms. The predicted molar refractivity (Wildman–Crippen MR) is 408 cm³/mol. The fourth-order valence-corrected chi connectivity index (χ4v) is 23.0. The Bertz CT molecular complexity index is 5520. The minimum Gasteiger partial charge on any atom is -0.306 e. The van der Waals surface area contributed by atoms with Crippen LogP contribution in [0.4, 0.5) is 0 Å². The molecule has 0 saturated heterocycles. The molecule has 0 atom stereocenters. The molecule has 0 spiro atoms. The Morgan fingerprint density at radius 3 is 0.969 bits per heavy atom. The Balaban J connectivity index is 0.785. The van der Waals surface area contributed by atoms with Gasteiger partial charge in [0.1, 0.15) is 0 Å². The van der Waals surface area contributed by atoms with E-state index in [9.17, 15) is 0 Å². The van der Waals surface area contributed by atoms with Gasteiger partial charge in [-0.2, -0.15) is 0 Å². The summed E-state index contributed by atoms with van der Waals surface area (Å²) in [5.41, 5.74) is 20.4. The zero-order valence-electron chi connectivity index (χ0n) is 52.3. The molecule has 0 amide bonds. The van der Waals surface area contributed by atoms with Gasteiger partial charge in [-0.25, -0.2) is 0 Å². The lowest BCUT2D eigenvalue weighted by Crippen LogP contribution is -2.66. The first-order valence-corrected chi connectivity index (χ1v) is 36.7. The first-order valence-electron chi connectivity index (χ1n) is 32.7. The SMILES string of the molecule is C(#C[Si](c1ccccc1)(c1ccccc1)c1ccc(-c2ccc([Si](C#Cc3c4ccccc4c(-n4c5ccccc5c5ncccc54)c4ccccc34)(c3ccccc3)c3ccccc3)cc2)cc1)c1c2ccccc2c(-n2c3ccccc3c3ccncc32)c2ccccc12. The number of fused-ring (bicyclic) bond motifs is 10. The van der Waals surface area contributed by atoms with E-state index in [1.807, 2.05) is 24.7 Å².